The number of aromatic nitrogens is 1. The molecule has 2 aromatic rings. The highest BCUT2D eigenvalue weighted by atomic mass is 16.5. The predicted octanol–water partition coefficient (Wildman–Crippen LogP) is 2.80. The summed E-state index contributed by atoms with van der Waals surface area (Å²) in [7, 11) is 0. The summed E-state index contributed by atoms with van der Waals surface area (Å²) in [6.07, 6.45) is 6.20. The first-order chi connectivity index (χ1) is 9.28. The van der Waals surface area contributed by atoms with Crippen molar-refractivity contribution in [1.29, 1.82) is 0 Å². The van der Waals surface area contributed by atoms with Gasteiger partial charge in [0.05, 0.1) is 6.10 Å². The number of nitrogens with one attached hydrogen (secondary N) is 1. The molecule has 1 aromatic heterocycles. The van der Waals surface area contributed by atoms with Crippen LogP contribution in [0.4, 0.5) is 11.4 Å². The first kappa shape index (κ1) is 12.2. The lowest BCUT2D eigenvalue weighted by atomic mass is 9.89. The van der Waals surface area contributed by atoms with Gasteiger partial charge in [0, 0.05) is 47.2 Å². The minimum atomic E-state index is 0.417. The van der Waals surface area contributed by atoms with Gasteiger partial charge in [0.15, 0.2) is 0 Å². The first-order valence-electron chi connectivity index (χ1n) is 6.78. The molecular weight excluding hydrogens is 238 g/mol. The van der Waals surface area contributed by atoms with Crippen LogP contribution < -0.4 is 11.1 Å². The molecule has 1 aromatic carbocycles. The molecule has 0 spiro atoms. The van der Waals surface area contributed by atoms with Crippen molar-refractivity contribution in [3.05, 3.63) is 30.6 Å². The topological polar surface area (TPSA) is 60.2 Å². The van der Waals surface area contributed by atoms with Gasteiger partial charge >= 0.3 is 0 Å². The van der Waals surface area contributed by atoms with Crippen molar-refractivity contribution in [2.24, 2.45) is 0 Å². The van der Waals surface area contributed by atoms with E-state index in [-0.39, 0.29) is 0 Å². The number of fused-ring (bicyclic) bond motifs is 1. The molecule has 100 valence electrons. The molecule has 3 rings (SSSR count). The Kier molecular flexibility index (Phi) is 3.25. The normalized spacial score (nSPS) is 22.2. The molecular formula is C15H19N3O. The number of nitrogens with two attached hydrogens (primary N) is 1. The Morgan fingerprint density at radius 3 is 2.95 bits per heavy atom. The number of pyridine rings is 1. The molecule has 0 bridgehead atoms. The van der Waals surface area contributed by atoms with Gasteiger partial charge in [0.1, 0.15) is 0 Å². The van der Waals surface area contributed by atoms with Crippen molar-refractivity contribution in [3.63, 3.8) is 0 Å². The standard InChI is InChI=1S/C15H19N3O/c1-2-19-11-7-10(8-11)18-15-4-3-14(16)12-5-6-17-9-13(12)15/h3-6,9-11,18H,2,7-8,16H2,1H3. The monoisotopic (exact) mass is 257 g/mol. The molecule has 1 heterocycles. The second-order valence-electron chi connectivity index (χ2n) is 5.01. The van der Waals surface area contributed by atoms with Gasteiger partial charge in [-0.2, -0.15) is 0 Å². The molecule has 0 saturated heterocycles. The minimum Gasteiger partial charge on any atom is -0.398 e. The van der Waals surface area contributed by atoms with E-state index in [0.29, 0.717) is 12.1 Å². The van der Waals surface area contributed by atoms with Crippen LogP contribution in [0, 0.1) is 0 Å². The number of anilines is 2. The van der Waals surface area contributed by atoms with Gasteiger partial charge in [0.25, 0.3) is 0 Å². The molecule has 19 heavy (non-hydrogen) atoms. The second-order valence-corrected chi connectivity index (χ2v) is 5.01. The fraction of sp³-hybridized carbons (Fsp3) is 0.400. The smallest absolute Gasteiger partial charge is 0.0614 e. The van der Waals surface area contributed by atoms with Gasteiger partial charge in [-0.1, -0.05) is 0 Å². The zero-order valence-corrected chi connectivity index (χ0v) is 11.1. The molecule has 4 nitrogen and oxygen atoms in total. The Bertz CT molecular complexity index is 579. The van der Waals surface area contributed by atoms with Crippen molar-refractivity contribution >= 4 is 22.1 Å². The molecule has 0 amide bonds. The van der Waals surface area contributed by atoms with E-state index in [1.165, 1.54) is 0 Å². The highest BCUT2D eigenvalue weighted by molar-refractivity contribution is 6.00. The lowest BCUT2D eigenvalue weighted by molar-refractivity contribution is 0.00302. The number of hydrogen-bond acceptors (Lipinski definition) is 4. The SMILES string of the molecule is CCOC1CC(Nc2ccc(N)c3ccncc23)C1. The van der Waals surface area contributed by atoms with Crippen LogP contribution in [0.3, 0.4) is 0 Å². The van der Waals surface area contributed by atoms with Crippen molar-refractivity contribution < 1.29 is 4.74 Å². The largest absolute Gasteiger partial charge is 0.398 e. The molecule has 1 aliphatic carbocycles. The van der Waals surface area contributed by atoms with Crippen molar-refractivity contribution in [3.8, 4) is 0 Å². The van der Waals surface area contributed by atoms with E-state index in [9.17, 15) is 0 Å². The maximum atomic E-state index is 5.99. The Labute approximate surface area is 113 Å². The third kappa shape index (κ3) is 2.36. The van der Waals surface area contributed by atoms with Gasteiger partial charge in [-0.3, -0.25) is 4.98 Å². The Hall–Kier alpha value is -1.81. The van der Waals surface area contributed by atoms with Crippen molar-refractivity contribution in [1.82, 2.24) is 4.98 Å². The van der Waals surface area contributed by atoms with Gasteiger partial charge in [-0.15, -0.1) is 0 Å². The van der Waals surface area contributed by atoms with E-state index < -0.39 is 0 Å². The third-order valence-corrected chi connectivity index (χ3v) is 3.71. The van der Waals surface area contributed by atoms with Crippen molar-refractivity contribution in [2.45, 2.75) is 31.9 Å². The predicted molar refractivity (Wildman–Crippen MR) is 78.2 cm³/mol. The van der Waals surface area contributed by atoms with Gasteiger partial charge in [-0.05, 0) is 38.0 Å². The van der Waals surface area contributed by atoms with Gasteiger partial charge in [0.2, 0.25) is 0 Å². The first-order valence-corrected chi connectivity index (χ1v) is 6.78. The number of nitrogens with zero attached hydrogens (tertiary/aromatic N) is 1. The molecule has 0 aliphatic heterocycles. The molecule has 4 heteroatoms. The Balaban J connectivity index is 1.77. The number of ether oxygens (including phenoxy) is 1. The average molecular weight is 257 g/mol. The fourth-order valence-corrected chi connectivity index (χ4v) is 2.61. The highest BCUT2D eigenvalue weighted by Crippen LogP contribution is 2.32. The zero-order valence-electron chi connectivity index (χ0n) is 11.1. The number of rotatable bonds is 4. The summed E-state index contributed by atoms with van der Waals surface area (Å²) < 4.78 is 5.58. The lowest BCUT2D eigenvalue weighted by Crippen LogP contribution is -2.40. The van der Waals surface area contributed by atoms with E-state index in [4.69, 9.17) is 10.5 Å². The van der Waals surface area contributed by atoms with Crippen LogP contribution in [-0.4, -0.2) is 23.7 Å². The molecule has 1 saturated carbocycles. The molecule has 1 aliphatic rings. The van der Waals surface area contributed by atoms with Crippen LogP contribution in [0.25, 0.3) is 10.8 Å². The van der Waals surface area contributed by atoms with Crippen molar-refractivity contribution in [2.75, 3.05) is 17.7 Å². The molecule has 3 N–H and O–H groups in total. The quantitative estimate of drug-likeness (QED) is 0.827. The number of nitrogen functional groups attached to an aromatic ring is 1. The average Bonchev–Trinajstić information content (AvgIpc) is 2.39. The summed E-state index contributed by atoms with van der Waals surface area (Å²) in [6, 6.07) is 6.43. The molecule has 1 fully saturated rings. The van der Waals surface area contributed by atoms with E-state index in [2.05, 4.69) is 10.3 Å². The summed E-state index contributed by atoms with van der Waals surface area (Å²) in [5.41, 5.74) is 7.89. The van der Waals surface area contributed by atoms with Crippen LogP contribution in [0.1, 0.15) is 19.8 Å². The summed E-state index contributed by atoms with van der Waals surface area (Å²) >= 11 is 0. The maximum Gasteiger partial charge on any atom is 0.0614 e. The Morgan fingerprint density at radius 1 is 1.32 bits per heavy atom. The van der Waals surface area contributed by atoms with Crippen LogP contribution in [-0.2, 0) is 4.74 Å². The Morgan fingerprint density at radius 2 is 2.16 bits per heavy atom. The van der Waals surface area contributed by atoms with Crippen LogP contribution in [0.5, 0.6) is 0 Å². The fourth-order valence-electron chi connectivity index (χ4n) is 2.61. The van der Waals surface area contributed by atoms with Gasteiger partial charge < -0.3 is 15.8 Å². The lowest BCUT2D eigenvalue weighted by Gasteiger charge is -2.36. The van der Waals surface area contributed by atoms with E-state index in [1.54, 1.807) is 6.20 Å². The number of benzene rings is 1. The van der Waals surface area contributed by atoms with Gasteiger partial charge in [-0.25, -0.2) is 0 Å². The second kappa shape index (κ2) is 5.05. The molecule has 0 atom stereocenters. The van der Waals surface area contributed by atoms with E-state index in [0.717, 1.165) is 41.6 Å². The minimum absolute atomic E-state index is 0.417. The van der Waals surface area contributed by atoms with Crippen LogP contribution in [0.2, 0.25) is 0 Å². The number of hydrogen-bond donors (Lipinski definition) is 2. The van der Waals surface area contributed by atoms with Crippen LogP contribution >= 0.6 is 0 Å². The summed E-state index contributed by atoms with van der Waals surface area (Å²) in [4.78, 5) is 4.19. The third-order valence-electron chi connectivity index (χ3n) is 3.71. The zero-order chi connectivity index (χ0) is 13.2. The maximum absolute atomic E-state index is 5.99. The van der Waals surface area contributed by atoms with E-state index >= 15 is 0 Å². The summed E-state index contributed by atoms with van der Waals surface area (Å²) in [6.45, 7) is 2.84. The molecule has 0 unspecified atom stereocenters. The highest BCUT2D eigenvalue weighted by Gasteiger charge is 2.29. The summed E-state index contributed by atoms with van der Waals surface area (Å²) in [5.74, 6) is 0. The molecule has 0 radical (unpaired) electrons. The van der Waals surface area contributed by atoms with E-state index in [1.807, 2.05) is 31.3 Å². The summed E-state index contributed by atoms with van der Waals surface area (Å²) in [5, 5.41) is 5.70. The van der Waals surface area contributed by atoms with Crippen LogP contribution in [0.15, 0.2) is 30.6 Å².